The van der Waals surface area contributed by atoms with Crippen molar-refractivity contribution in [3.05, 3.63) is 41.8 Å². The van der Waals surface area contributed by atoms with Crippen molar-refractivity contribution in [1.29, 1.82) is 0 Å². The van der Waals surface area contributed by atoms with Gasteiger partial charge < -0.3 is 5.32 Å². The predicted octanol–water partition coefficient (Wildman–Crippen LogP) is 3.37. The molecule has 0 spiro atoms. The number of benzene rings is 1. The van der Waals surface area contributed by atoms with Gasteiger partial charge in [-0.3, -0.25) is 0 Å². The number of aromatic nitrogens is 2. The molecule has 4 heteroatoms. The molecule has 1 aromatic carbocycles. The second-order valence-corrected chi connectivity index (χ2v) is 4.62. The zero-order valence-corrected chi connectivity index (χ0v) is 9.98. The Balaban J connectivity index is 1.89. The van der Waals surface area contributed by atoms with Crippen molar-refractivity contribution in [1.82, 2.24) is 9.97 Å². The van der Waals surface area contributed by atoms with Gasteiger partial charge in [-0.1, -0.05) is 17.7 Å². The van der Waals surface area contributed by atoms with E-state index in [1.54, 1.807) is 12.5 Å². The summed E-state index contributed by atoms with van der Waals surface area (Å²) in [7, 11) is 0. The van der Waals surface area contributed by atoms with Crippen molar-refractivity contribution in [3.8, 4) is 11.3 Å². The molecule has 0 amide bonds. The summed E-state index contributed by atoms with van der Waals surface area (Å²) >= 11 is 6.25. The number of halogens is 1. The third kappa shape index (κ3) is 2.39. The monoisotopic (exact) mass is 245 g/mol. The molecule has 17 heavy (non-hydrogen) atoms. The van der Waals surface area contributed by atoms with Crippen LogP contribution in [0.3, 0.4) is 0 Å². The molecule has 2 aromatic rings. The molecule has 0 atom stereocenters. The fourth-order valence-electron chi connectivity index (χ4n) is 1.70. The van der Waals surface area contributed by atoms with E-state index in [0.29, 0.717) is 6.04 Å². The Hall–Kier alpha value is -1.61. The van der Waals surface area contributed by atoms with E-state index in [4.69, 9.17) is 11.6 Å². The standard InChI is InChI=1S/C13H12ClN3/c14-11-7-9(12-5-6-15-8-16-12)1-4-13(11)17-10-2-3-10/h1,4-8,10,17H,2-3H2. The van der Waals surface area contributed by atoms with Gasteiger partial charge >= 0.3 is 0 Å². The van der Waals surface area contributed by atoms with Crippen LogP contribution >= 0.6 is 11.6 Å². The summed E-state index contributed by atoms with van der Waals surface area (Å²) in [5, 5.41) is 4.14. The molecule has 1 heterocycles. The number of rotatable bonds is 3. The first kappa shape index (κ1) is 10.5. The molecule has 0 unspecified atom stereocenters. The lowest BCUT2D eigenvalue weighted by atomic mass is 10.1. The molecular weight excluding hydrogens is 234 g/mol. The fourth-order valence-corrected chi connectivity index (χ4v) is 1.94. The second-order valence-electron chi connectivity index (χ2n) is 4.21. The molecule has 3 rings (SSSR count). The van der Waals surface area contributed by atoms with Crippen molar-refractivity contribution in [3.63, 3.8) is 0 Å². The SMILES string of the molecule is Clc1cc(-c2ccncn2)ccc1NC1CC1. The van der Waals surface area contributed by atoms with Gasteiger partial charge in [0.25, 0.3) is 0 Å². The Morgan fingerprint density at radius 2 is 2.12 bits per heavy atom. The van der Waals surface area contributed by atoms with Crippen LogP contribution in [0.5, 0.6) is 0 Å². The first-order chi connectivity index (χ1) is 8.33. The van der Waals surface area contributed by atoms with Crippen molar-refractivity contribution >= 4 is 17.3 Å². The molecule has 1 aliphatic carbocycles. The molecule has 1 saturated carbocycles. The lowest BCUT2D eigenvalue weighted by Crippen LogP contribution is -2.01. The highest BCUT2D eigenvalue weighted by atomic mass is 35.5. The van der Waals surface area contributed by atoms with E-state index in [1.165, 1.54) is 12.8 Å². The van der Waals surface area contributed by atoms with E-state index < -0.39 is 0 Å². The minimum Gasteiger partial charge on any atom is -0.381 e. The summed E-state index contributed by atoms with van der Waals surface area (Å²) in [5.74, 6) is 0. The van der Waals surface area contributed by atoms with Gasteiger partial charge in [0.05, 0.1) is 16.4 Å². The highest BCUT2D eigenvalue weighted by molar-refractivity contribution is 6.33. The Labute approximate surface area is 105 Å². The summed E-state index contributed by atoms with van der Waals surface area (Å²) in [4.78, 5) is 8.10. The second kappa shape index (κ2) is 4.34. The van der Waals surface area contributed by atoms with Crippen LogP contribution in [0.4, 0.5) is 5.69 Å². The highest BCUT2D eigenvalue weighted by Crippen LogP contribution is 2.31. The smallest absolute Gasteiger partial charge is 0.116 e. The first-order valence-corrected chi connectivity index (χ1v) is 6.03. The first-order valence-electron chi connectivity index (χ1n) is 5.65. The summed E-state index contributed by atoms with van der Waals surface area (Å²) < 4.78 is 0. The van der Waals surface area contributed by atoms with Crippen molar-refractivity contribution in [2.45, 2.75) is 18.9 Å². The summed E-state index contributed by atoms with van der Waals surface area (Å²) in [6.07, 6.45) is 5.75. The van der Waals surface area contributed by atoms with Crippen LogP contribution < -0.4 is 5.32 Å². The third-order valence-corrected chi connectivity index (χ3v) is 3.10. The quantitative estimate of drug-likeness (QED) is 0.901. The molecule has 86 valence electrons. The van der Waals surface area contributed by atoms with Crippen LogP contribution in [0.2, 0.25) is 5.02 Å². The van der Waals surface area contributed by atoms with Gasteiger partial charge in [-0.15, -0.1) is 0 Å². The van der Waals surface area contributed by atoms with Gasteiger partial charge in [-0.05, 0) is 31.0 Å². The molecule has 0 aliphatic heterocycles. The lowest BCUT2D eigenvalue weighted by molar-refractivity contribution is 1.15. The van der Waals surface area contributed by atoms with Crippen LogP contribution in [-0.4, -0.2) is 16.0 Å². The molecule has 0 radical (unpaired) electrons. The zero-order valence-electron chi connectivity index (χ0n) is 9.23. The minimum absolute atomic E-state index is 0.609. The van der Waals surface area contributed by atoms with E-state index >= 15 is 0 Å². The Morgan fingerprint density at radius 3 is 2.76 bits per heavy atom. The number of hydrogen-bond acceptors (Lipinski definition) is 3. The predicted molar refractivity (Wildman–Crippen MR) is 69.1 cm³/mol. The van der Waals surface area contributed by atoms with Crippen molar-refractivity contribution < 1.29 is 0 Å². The molecule has 0 bridgehead atoms. The van der Waals surface area contributed by atoms with Crippen LogP contribution in [0.15, 0.2) is 36.8 Å². The van der Waals surface area contributed by atoms with E-state index in [2.05, 4.69) is 15.3 Å². The summed E-state index contributed by atoms with van der Waals surface area (Å²) in [6, 6.07) is 8.46. The van der Waals surface area contributed by atoms with E-state index in [-0.39, 0.29) is 0 Å². The molecule has 1 aromatic heterocycles. The number of hydrogen-bond donors (Lipinski definition) is 1. The molecule has 1 fully saturated rings. The largest absolute Gasteiger partial charge is 0.381 e. The molecule has 3 nitrogen and oxygen atoms in total. The average molecular weight is 246 g/mol. The highest BCUT2D eigenvalue weighted by Gasteiger charge is 2.21. The lowest BCUT2D eigenvalue weighted by Gasteiger charge is -2.08. The maximum absolute atomic E-state index is 6.25. The Kier molecular flexibility index (Phi) is 2.69. The van der Waals surface area contributed by atoms with Crippen molar-refractivity contribution in [2.24, 2.45) is 0 Å². The summed E-state index contributed by atoms with van der Waals surface area (Å²) in [5.41, 5.74) is 2.91. The number of nitrogens with one attached hydrogen (secondary N) is 1. The number of nitrogens with zero attached hydrogens (tertiary/aromatic N) is 2. The van der Waals surface area contributed by atoms with Gasteiger partial charge in [-0.2, -0.15) is 0 Å². The Bertz CT molecular complexity index is 523. The molecule has 1 aliphatic rings. The van der Waals surface area contributed by atoms with E-state index in [1.807, 2.05) is 24.3 Å². The third-order valence-electron chi connectivity index (χ3n) is 2.78. The maximum atomic E-state index is 6.25. The van der Waals surface area contributed by atoms with Crippen LogP contribution in [0, 0.1) is 0 Å². The summed E-state index contributed by atoms with van der Waals surface area (Å²) in [6.45, 7) is 0. The normalized spacial score (nSPS) is 14.6. The Morgan fingerprint density at radius 1 is 1.24 bits per heavy atom. The molecule has 0 saturated heterocycles. The van der Waals surface area contributed by atoms with Gasteiger partial charge in [-0.25, -0.2) is 9.97 Å². The van der Waals surface area contributed by atoms with Crippen molar-refractivity contribution in [2.75, 3.05) is 5.32 Å². The number of anilines is 1. The fraction of sp³-hybridized carbons (Fsp3) is 0.231. The van der Waals surface area contributed by atoms with Gasteiger partial charge in [0.15, 0.2) is 0 Å². The molecule has 1 N–H and O–H groups in total. The topological polar surface area (TPSA) is 37.8 Å². The maximum Gasteiger partial charge on any atom is 0.116 e. The van der Waals surface area contributed by atoms with Gasteiger partial charge in [0.1, 0.15) is 6.33 Å². The van der Waals surface area contributed by atoms with Gasteiger partial charge in [0, 0.05) is 17.8 Å². The van der Waals surface area contributed by atoms with Crippen LogP contribution in [0.1, 0.15) is 12.8 Å². The van der Waals surface area contributed by atoms with Crippen LogP contribution in [-0.2, 0) is 0 Å². The van der Waals surface area contributed by atoms with E-state index in [0.717, 1.165) is 22.0 Å². The average Bonchev–Trinajstić information content (AvgIpc) is 3.17. The van der Waals surface area contributed by atoms with Crippen LogP contribution in [0.25, 0.3) is 11.3 Å². The zero-order chi connectivity index (χ0) is 11.7. The molecular formula is C13H12ClN3. The minimum atomic E-state index is 0.609. The van der Waals surface area contributed by atoms with E-state index in [9.17, 15) is 0 Å². The van der Waals surface area contributed by atoms with Gasteiger partial charge in [0.2, 0.25) is 0 Å².